The Morgan fingerprint density at radius 2 is 0.560 bits per heavy atom. The van der Waals surface area contributed by atoms with Crippen molar-refractivity contribution in [2.45, 2.75) is 12.4 Å². The molecule has 50 heavy (non-hydrogen) atoms. The number of fused-ring (bicyclic) bond motifs is 9. The Bertz CT molecular complexity index is 2760. The zero-order valence-electron chi connectivity index (χ0n) is 26.0. The van der Waals surface area contributed by atoms with Crippen LogP contribution in [0.2, 0.25) is 0 Å². The van der Waals surface area contributed by atoms with E-state index in [9.17, 15) is 26.3 Å². The molecule has 0 aliphatic carbocycles. The van der Waals surface area contributed by atoms with Crippen molar-refractivity contribution in [2.24, 2.45) is 0 Å². The summed E-state index contributed by atoms with van der Waals surface area (Å²) in [6, 6.07) is 39.0. The van der Waals surface area contributed by atoms with Crippen LogP contribution in [0.1, 0.15) is 11.1 Å². The van der Waals surface area contributed by atoms with Gasteiger partial charge in [-0.1, -0.05) is 109 Å². The van der Waals surface area contributed by atoms with Gasteiger partial charge in [0.05, 0.1) is 11.1 Å². The number of benzene rings is 8. The second-order valence-electron chi connectivity index (χ2n) is 12.9. The zero-order chi connectivity index (χ0) is 34.1. The van der Waals surface area contributed by atoms with Gasteiger partial charge in [-0.15, -0.1) is 0 Å². The standard InChI is InChI=1S/C44H22F6/c45-43(46,47)25-19-15-23(16-20-25)35-33-13-5-11-29-27-7-1-3-9-31(27)39(37(29)33)41-36(24-17-21-26(22-18-24)44(48,49)50)34-14-6-12-30-28-8-2-4-10-32(28)40(38(30)34)42(35)41/h1-22H. The first-order valence-corrected chi connectivity index (χ1v) is 16.2. The van der Waals surface area contributed by atoms with Crippen LogP contribution in [0.3, 0.4) is 0 Å². The van der Waals surface area contributed by atoms with Gasteiger partial charge in [0, 0.05) is 0 Å². The van der Waals surface area contributed by atoms with Crippen molar-refractivity contribution in [3.05, 3.63) is 145 Å². The fraction of sp³-hybridized carbons (Fsp3) is 0.0455. The molecule has 0 amide bonds. The largest absolute Gasteiger partial charge is 0.416 e. The van der Waals surface area contributed by atoms with Crippen molar-refractivity contribution in [2.75, 3.05) is 0 Å². The van der Waals surface area contributed by atoms with Crippen LogP contribution >= 0.6 is 0 Å². The Kier molecular flexibility index (Phi) is 5.73. The van der Waals surface area contributed by atoms with Crippen LogP contribution < -0.4 is 0 Å². The average molecular weight is 665 g/mol. The van der Waals surface area contributed by atoms with E-state index >= 15 is 0 Å². The molecule has 6 heteroatoms. The molecule has 0 N–H and O–H groups in total. The minimum absolute atomic E-state index is 0.624. The molecule has 0 aliphatic rings. The summed E-state index contributed by atoms with van der Waals surface area (Å²) in [7, 11) is 0. The third-order valence-electron chi connectivity index (χ3n) is 10.4. The first-order valence-electron chi connectivity index (χ1n) is 16.2. The van der Waals surface area contributed by atoms with Gasteiger partial charge in [0.1, 0.15) is 0 Å². The van der Waals surface area contributed by atoms with Crippen LogP contribution in [0.25, 0.3) is 97.7 Å². The van der Waals surface area contributed by atoms with E-state index in [1.54, 1.807) is 0 Å². The highest BCUT2D eigenvalue weighted by atomic mass is 19.4. The predicted molar refractivity (Wildman–Crippen MR) is 192 cm³/mol. The molecule has 0 saturated carbocycles. The van der Waals surface area contributed by atoms with E-state index in [1.165, 1.54) is 24.3 Å². The van der Waals surface area contributed by atoms with E-state index in [-0.39, 0.29) is 0 Å². The Balaban J connectivity index is 1.54. The number of hydrogen-bond acceptors (Lipinski definition) is 0. The maximum Gasteiger partial charge on any atom is 0.416 e. The summed E-state index contributed by atoms with van der Waals surface area (Å²) in [5.74, 6) is 0. The minimum atomic E-state index is -4.50. The van der Waals surface area contributed by atoms with Crippen molar-refractivity contribution < 1.29 is 26.3 Å². The van der Waals surface area contributed by atoms with Gasteiger partial charge >= 0.3 is 12.4 Å². The molecule has 0 bridgehead atoms. The molecule has 240 valence electrons. The first-order chi connectivity index (χ1) is 24.1. The molecular formula is C44H22F6. The highest BCUT2D eigenvalue weighted by Crippen LogP contribution is 2.56. The molecule has 0 aromatic heterocycles. The van der Waals surface area contributed by atoms with Gasteiger partial charge in [-0.3, -0.25) is 0 Å². The molecule has 10 rings (SSSR count). The summed E-state index contributed by atoms with van der Waals surface area (Å²) in [6.45, 7) is 0. The Labute approximate surface area is 280 Å². The Morgan fingerprint density at radius 1 is 0.260 bits per heavy atom. The van der Waals surface area contributed by atoms with Gasteiger partial charge < -0.3 is 0 Å². The molecule has 10 aromatic carbocycles. The van der Waals surface area contributed by atoms with Crippen LogP contribution in [-0.2, 0) is 12.4 Å². The van der Waals surface area contributed by atoms with E-state index in [1.807, 2.05) is 48.5 Å². The van der Waals surface area contributed by atoms with Gasteiger partial charge in [-0.2, -0.15) is 26.3 Å². The molecule has 0 atom stereocenters. The Morgan fingerprint density at radius 3 is 0.920 bits per heavy atom. The first kappa shape index (κ1) is 29.1. The molecule has 0 unspecified atom stereocenters. The summed E-state index contributed by atoms with van der Waals surface area (Å²) in [4.78, 5) is 0. The molecule has 0 saturated heterocycles. The normalized spacial score (nSPS) is 13.0. The summed E-state index contributed by atoms with van der Waals surface area (Å²) in [5, 5.41) is 13.5. The third kappa shape index (κ3) is 3.84. The summed E-state index contributed by atoms with van der Waals surface area (Å²) in [5.41, 5.74) is 1.35. The SMILES string of the molecule is FC(F)(F)c1ccc(-c2c3cccc4c5ccccc5c(c5c(-c6ccc(C(F)(F)F)cc6)c6cccc7c8ccccc8c(c25)c67)c34)cc1. The van der Waals surface area contributed by atoms with E-state index in [4.69, 9.17) is 0 Å². The molecule has 0 nitrogen and oxygen atoms in total. The molecule has 0 radical (unpaired) electrons. The predicted octanol–water partition coefficient (Wildman–Crippen LogP) is 14.0. The molecule has 0 fully saturated rings. The Hall–Kier alpha value is -5.88. The van der Waals surface area contributed by atoms with Crippen LogP contribution in [0, 0.1) is 0 Å². The zero-order valence-corrected chi connectivity index (χ0v) is 26.0. The molecule has 0 heterocycles. The maximum atomic E-state index is 13.8. The number of alkyl halides is 6. The van der Waals surface area contributed by atoms with Crippen LogP contribution in [0.15, 0.2) is 133 Å². The summed E-state index contributed by atoms with van der Waals surface area (Å²) >= 11 is 0. The summed E-state index contributed by atoms with van der Waals surface area (Å²) < 4.78 is 83.0. The quantitative estimate of drug-likeness (QED) is 0.127. The second kappa shape index (κ2) is 9.85. The van der Waals surface area contributed by atoms with Crippen molar-refractivity contribution in [1.82, 2.24) is 0 Å². The van der Waals surface area contributed by atoms with Gasteiger partial charge in [0.25, 0.3) is 0 Å². The van der Waals surface area contributed by atoms with Crippen LogP contribution in [-0.4, -0.2) is 0 Å². The lowest BCUT2D eigenvalue weighted by atomic mass is 9.82. The van der Waals surface area contributed by atoms with Crippen molar-refractivity contribution >= 4 is 75.4 Å². The van der Waals surface area contributed by atoms with Crippen molar-refractivity contribution in [3.63, 3.8) is 0 Å². The molecular weight excluding hydrogens is 642 g/mol. The van der Waals surface area contributed by atoms with Crippen LogP contribution in [0.4, 0.5) is 26.3 Å². The fourth-order valence-corrected chi connectivity index (χ4v) is 8.44. The third-order valence-corrected chi connectivity index (χ3v) is 10.4. The van der Waals surface area contributed by atoms with Gasteiger partial charge in [0.15, 0.2) is 0 Å². The lowest BCUT2D eigenvalue weighted by molar-refractivity contribution is -0.138. The number of hydrogen-bond donors (Lipinski definition) is 0. The molecule has 10 aromatic rings. The van der Waals surface area contributed by atoms with E-state index in [0.717, 1.165) is 111 Å². The minimum Gasteiger partial charge on any atom is -0.166 e. The second-order valence-corrected chi connectivity index (χ2v) is 12.9. The van der Waals surface area contributed by atoms with Crippen LogP contribution in [0.5, 0.6) is 0 Å². The summed E-state index contributed by atoms with van der Waals surface area (Å²) in [6.07, 6.45) is -9.00. The smallest absolute Gasteiger partial charge is 0.166 e. The van der Waals surface area contributed by atoms with Gasteiger partial charge in [-0.25, -0.2) is 0 Å². The molecule has 0 spiro atoms. The van der Waals surface area contributed by atoms with E-state index < -0.39 is 23.5 Å². The lowest BCUT2D eigenvalue weighted by Crippen LogP contribution is -2.04. The lowest BCUT2D eigenvalue weighted by Gasteiger charge is -2.21. The number of halogens is 6. The van der Waals surface area contributed by atoms with Crippen molar-refractivity contribution in [3.8, 4) is 22.3 Å². The molecule has 0 aliphatic heterocycles. The topological polar surface area (TPSA) is 0 Å². The highest BCUT2D eigenvalue weighted by Gasteiger charge is 2.32. The van der Waals surface area contributed by atoms with E-state index in [0.29, 0.717) is 11.1 Å². The van der Waals surface area contributed by atoms with Gasteiger partial charge in [0.2, 0.25) is 0 Å². The van der Waals surface area contributed by atoms with Crippen molar-refractivity contribution in [1.29, 1.82) is 0 Å². The van der Waals surface area contributed by atoms with E-state index in [2.05, 4.69) is 36.4 Å². The maximum absolute atomic E-state index is 13.8. The average Bonchev–Trinajstić information content (AvgIpc) is 3.63. The number of rotatable bonds is 2. The van der Waals surface area contributed by atoms with Gasteiger partial charge in [-0.05, 0) is 122 Å². The fourth-order valence-electron chi connectivity index (χ4n) is 8.44. The highest BCUT2D eigenvalue weighted by molar-refractivity contribution is 6.49. The monoisotopic (exact) mass is 664 g/mol.